The summed E-state index contributed by atoms with van der Waals surface area (Å²) in [6, 6.07) is 14.6. The van der Waals surface area contributed by atoms with Gasteiger partial charge in [-0.2, -0.15) is 0 Å². The minimum absolute atomic E-state index is 0.812. The predicted molar refractivity (Wildman–Crippen MR) is 68.5 cm³/mol. The Morgan fingerprint density at radius 3 is 2.50 bits per heavy atom. The van der Waals surface area contributed by atoms with Crippen LogP contribution in [0.1, 0.15) is 5.56 Å². The Kier molecular flexibility index (Phi) is 2.07. The van der Waals surface area contributed by atoms with Crippen molar-refractivity contribution in [2.75, 3.05) is 17.6 Å². The molecule has 0 bridgehead atoms. The van der Waals surface area contributed by atoms with Gasteiger partial charge in [0.2, 0.25) is 0 Å². The molecule has 0 amide bonds. The number of nitrogen functional groups attached to an aromatic ring is 1. The first-order valence-corrected chi connectivity index (χ1v) is 5.56. The molecule has 1 aliphatic rings. The van der Waals surface area contributed by atoms with Gasteiger partial charge < -0.3 is 11.1 Å². The molecule has 16 heavy (non-hydrogen) atoms. The zero-order chi connectivity index (χ0) is 11.0. The van der Waals surface area contributed by atoms with Crippen molar-refractivity contribution in [2.24, 2.45) is 0 Å². The van der Waals surface area contributed by atoms with Gasteiger partial charge in [-0.1, -0.05) is 18.2 Å². The number of hydrogen-bond donors (Lipinski definition) is 2. The van der Waals surface area contributed by atoms with Crippen LogP contribution >= 0.6 is 0 Å². The second-order valence-electron chi connectivity index (χ2n) is 4.17. The molecule has 80 valence electrons. The Labute approximate surface area is 95.1 Å². The molecule has 2 heteroatoms. The Balaban J connectivity index is 2.03. The van der Waals surface area contributed by atoms with E-state index in [2.05, 4.69) is 35.6 Å². The molecule has 2 aromatic rings. The van der Waals surface area contributed by atoms with Crippen molar-refractivity contribution in [2.45, 2.75) is 6.42 Å². The van der Waals surface area contributed by atoms with Crippen LogP contribution in [0.15, 0.2) is 42.5 Å². The van der Waals surface area contributed by atoms with Gasteiger partial charge in [-0.3, -0.25) is 0 Å². The first-order valence-electron chi connectivity index (χ1n) is 5.56. The maximum Gasteiger partial charge on any atom is 0.0373 e. The van der Waals surface area contributed by atoms with Gasteiger partial charge >= 0.3 is 0 Å². The second kappa shape index (κ2) is 3.56. The average molecular weight is 210 g/mol. The summed E-state index contributed by atoms with van der Waals surface area (Å²) < 4.78 is 0. The highest BCUT2D eigenvalue weighted by atomic mass is 14.9. The second-order valence-corrected chi connectivity index (χ2v) is 4.17. The number of nitrogens with two attached hydrogens (primary N) is 1. The lowest BCUT2D eigenvalue weighted by molar-refractivity contribution is 1.11. The van der Waals surface area contributed by atoms with E-state index in [4.69, 9.17) is 5.73 Å². The lowest BCUT2D eigenvalue weighted by Gasteiger charge is -2.05. The lowest BCUT2D eigenvalue weighted by atomic mass is 10.0. The van der Waals surface area contributed by atoms with Crippen molar-refractivity contribution >= 4 is 11.4 Å². The number of benzene rings is 2. The molecule has 0 atom stereocenters. The molecule has 0 spiro atoms. The third-order valence-electron chi connectivity index (χ3n) is 3.06. The van der Waals surface area contributed by atoms with E-state index in [0.717, 1.165) is 18.7 Å². The average Bonchev–Trinajstić information content (AvgIpc) is 2.77. The van der Waals surface area contributed by atoms with Crippen molar-refractivity contribution in [1.29, 1.82) is 0 Å². The largest absolute Gasteiger partial charge is 0.399 e. The van der Waals surface area contributed by atoms with Crippen LogP contribution in [0.3, 0.4) is 0 Å². The topological polar surface area (TPSA) is 38.0 Å². The first-order chi connectivity index (χ1) is 7.83. The monoisotopic (exact) mass is 210 g/mol. The van der Waals surface area contributed by atoms with E-state index in [1.807, 2.05) is 12.1 Å². The van der Waals surface area contributed by atoms with Crippen molar-refractivity contribution in [3.63, 3.8) is 0 Å². The summed E-state index contributed by atoms with van der Waals surface area (Å²) in [6.07, 6.45) is 1.12. The molecule has 3 rings (SSSR count). The van der Waals surface area contributed by atoms with Crippen LogP contribution in [-0.2, 0) is 6.42 Å². The molecule has 2 nitrogen and oxygen atoms in total. The first kappa shape index (κ1) is 9.28. The summed E-state index contributed by atoms with van der Waals surface area (Å²) in [7, 11) is 0. The van der Waals surface area contributed by atoms with E-state index >= 15 is 0 Å². The molecule has 0 radical (unpaired) electrons. The fourth-order valence-electron chi connectivity index (χ4n) is 2.16. The van der Waals surface area contributed by atoms with Crippen LogP contribution < -0.4 is 11.1 Å². The van der Waals surface area contributed by atoms with Crippen LogP contribution in [0.4, 0.5) is 11.4 Å². The molecule has 0 aromatic heterocycles. The summed E-state index contributed by atoms with van der Waals surface area (Å²) in [5.41, 5.74) is 11.7. The molecule has 0 fully saturated rings. The van der Waals surface area contributed by atoms with Gasteiger partial charge in [0, 0.05) is 17.9 Å². The third kappa shape index (κ3) is 1.52. The molecule has 1 heterocycles. The van der Waals surface area contributed by atoms with Crippen LogP contribution in [-0.4, -0.2) is 6.54 Å². The third-order valence-corrected chi connectivity index (χ3v) is 3.06. The van der Waals surface area contributed by atoms with Crippen molar-refractivity contribution in [3.8, 4) is 11.1 Å². The minimum Gasteiger partial charge on any atom is -0.399 e. The maximum absolute atomic E-state index is 5.68. The van der Waals surface area contributed by atoms with E-state index in [9.17, 15) is 0 Å². The fraction of sp³-hybridized carbons (Fsp3) is 0.143. The number of fused-ring (bicyclic) bond motifs is 1. The maximum atomic E-state index is 5.68. The van der Waals surface area contributed by atoms with E-state index in [-0.39, 0.29) is 0 Å². The summed E-state index contributed by atoms with van der Waals surface area (Å²) >= 11 is 0. The molecular formula is C14H14N2. The highest BCUT2D eigenvalue weighted by Gasteiger charge is 2.10. The summed E-state index contributed by atoms with van der Waals surface area (Å²) in [5.74, 6) is 0. The van der Waals surface area contributed by atoms with Crippen LogP contribution in [0, 0.1) is 0 Å². The number of nitrogens with one attached hydrogen (secondary N) is 1. The van der Waals surface area contributed by atoms with Crippen molar-refractivity contribution in [3.05, 3.63) is 48.0 Å². The summed E-state index contributed by atoms with van der Waals surface area (Å²) in [6.45, 7) is 1.06. The number of anilines is 2. The summed E-state index contributed by atoms with van der Waals surface area (Å²) in [4.78, 5) is 0. The Hall–Kier alpha value is -1.96. The predicted octanol–water partition coefficient (Wildman–Crippen LogP) is 2.90. The van der Waals surface area contributed by atoms with Gasteiger partial charge in [0.05, 0.1) is 0 Å². The van der Waals surface area contributed by atoms with Gasteiger partial charge in [-0.25, -0.2) is 0 Å². The summed E-state index contributed by atoms with van der Waals surface area (Å²) in [5, 5.41) is 3.37. The van der Waals surface area contributed by atoms with E-state index in [1.54, 1.807) is 0 Å². The SMILES string of the molecule is Nc1ccc(-c2ccc3c(c2)CCN3)cc1. The van der Waals surface area contributed by atoms with Gasteiger partial charge in [-0.15, -0.1) is 0 Å². The molecule has 2 aromatic carbocycles. The smallest absolute Gasteiger partial charge is 0.0373 e. The highest BCUT2D eigenvalue weighted by Crippen LogP contribution is 2.28. The Bertz CT molecular complexity index is 515. The van der Waals surface area contributed by atoms with Gasteiger partial charge in [0.25, 0.3) is 0 Å². The normalized spacial score (nSPS) is 13.2. The molecule has 0 saturated carbocycles. The van der Waals surface area contributed by atoms with Crippen LogP contribution in [0.5, 0.6) is 0 Å². The molecular weight excluding hydrogens is 196 g/mol. The van der Waals surface area contributed by atoms with Crippen molar-refractivity contribution < 1.29 is 0 Å². The van der Waals surface area contributed by atoms with Gasteiger partial charge in [0.15, 0.2) is 0 Å². The molecule has 0 aliphatic carbocycles. The molecule has 1 aliphatic heterocycles. The van der Waals surface area contributed by atoms with E-state index in [1.165, 1.54) is 22.4 Å². The Morgan fingerprint density at radius 2 is 1.69 bits per heavy atom. The van der Waals surface area contributed by atoms with Crippen LogP contribution in [0.25, 0.3) is 11.1 Å². The molecule has 3 N–H and O–H groups in total. The highest BCUT2D eigenvalue weighted by molar-refractivity contribution is 5.70. The van der Waals surface area contributed by atoms with Gasteiger partial charge in [0.1, 0.15) is 0 Å². The minimum atomic E-state index is 0.812. The lowest BCUT2D eigenvalue weighted by Crippen LogP contribution is -1.90. The van der Waals surface area contributed by atoms with Gasteiger partial charge in [-0.05, 0) is 47.4 Å². The molecule has 0 unspecified atom stereocenters. The Morgan fingerprint density at radius 1 is 0.938 bits per heavy atom. The van der Waals surface area contributed by atoms with E-state index in [0.29, 0.717) is 0 Å². The number of hydrogen-bond acceptors (Lipinski definition) is 2. The fourth-order valence-corrected chi connectivity index (χ4v) is 2.16. The van der Waals surface area contributed by atoms with E-state index < -0.39 is 0 Å². The van der Waals surface area contributed by atoms with Crippen molar-refractivity contribution in [1.82, 2.24) is 0 Å². The number of rotatable bonds is 1. The zero-order valence-corrected chi connectivity index (χ0v) is 9.03. The standard InChI is InChI=1S/C14H14N2/c15-13-4-1-10(2-5-13)11-3-6-14-12(9-11)7-8-16-14/h1-6,9,16H,7-8,15H2. The quantitative estimate of drug-likeness (QED) is 0.710. The molecule has 0 saturated heterocycles. The zero-order valence-electron chi connectivity index (χ0n) is 9.03. The van der Waals surface area contributed by atoms with Crippen LogP contribution in [0.2, 0.25) is 0 Å².